The molecule has 1 saturated carbocycles. The minimum Gasteiger partial charge on any atom is -0.354 e. The number of rotatable bonds is 5. The Morgan fingerprint density at radius 1 is 1.19 bits per heavy atom. The quantitative estimate of drug-likeness (QED) is 0.474. The molecule has 26 heavy (non-hydrogen) atoms. The third kappa shape index (κ3) is 4.66. The van der Waals surface area contributed by atoms with Crippen molar-refractivity contribution in [3.63, 3.8) is 0 Å². The molecule has 144 valence electrons. The maximum absolute atomic E-state index is 13.9. The summed E-state index contributed by atoms with van der Waals surface area (Å²) >= 11 is 0. The number of hydrogen-bond acceptors (Lipinski definition) is 2. The molecule has 1 aromatic carbocycles. The number of benzene rings is 1. The summed E-state index contributed by atoms with van der Waals surface area (Å²) in [5, 5.41) is 6.50. The highest BCUT2D eigenvalue weighted by Crippen LogP contribution is 2.43. The molecule has 4 nitrogen and oxygen atoms in total. The van der Waals surface area contributed by atoms with Gasteiger partial charge in [0.1, 0.15) is 11.6 Å². The summed E-state index contributed by atoms with van der Waals surface area (Å²) < 4.78 is 52.6. The van der Waals surface area contributed by atoms with Crippen LogP contribution < -0.4 is 10.6 Å². The summed E-state index contributed by atoms with van der Waals surface area (Å²) in [6.07, 6.45) is -0.155. The second-order valence-corrected chi connectivity index (χ2v) is 6.91. The summed E-state index contributed by atoms with van der Waals surface area (Å²) in [6, 6.07) is 3.99. The van der Waals surface area contributed by atoms with Crippen LogP contribution >= 0.6 is 0 Å². The predicted molar refractivity (Wildman–Crippen MR) is 92.6 cm³/mol. The molecule has 0 bridgehead atoms. The fourth-order valence-corrected chi connectivity index (χ4v) is 3.53. The second kappa shape index (κ2) is 8.24. The number of nitrogens with zero attached hydrogens (tertiary/aromatic N) is 2. The molecule has 2 aliphatic rings. The van der Waals surface area contributed by atoms with Gasteiger partial charge in [-0.3, -0.25) is 9.89 Å². The van der Waals surface area contributed by atoms with Gasteiger partial charge in [-0.15, -0.1) is 0 Å². The molecular weight excluding hydrogens is 348 g/mol. The lowest BCUT2D eigenvalue weighted by atomic mass is 10.1. The Labute approximate surface area is 150 Å². The van der Waals surface area contributed by atoms with E-state index in [0.717, 1.165) is 12.8 Å². The topological polar surface area (TPSA) is 39.7 Å². The molecule has 2 unspecified atom stereocenters. The van der Waals surface area contributed by atoms with Gasteiger partial charge < -0.3 is 10.6 Å². The van der Waals surface area contributed by atoms with Crippen molar-refractivity contribution >= 4 is 5.96 Å². The molecule has 3 rings (SSSR count). The van der Waals surface area contributed by atoms with E-state index in [2.05, 4.69) is 15.6 Å². The molecule has 0 radical (unpaired) electrons. The van der Waals surface area contributed by atoms with Crippen LogP contribution in [0, 0.1) is 11.6 Å². The van der Waals surface area contributed by atoms with Crippen molar-refractivity contribution in [2.75, 3.05) is 26.7 Å². The van der Waals surface area contributed by atoms with Crippen molar-refractivity contribution in [3.05, 3.63) is 35.4 Å². The number of piperidine rings is 1. The summed E-state index contributed by atoms with van der Waals surface area (Å²) in [6.45, 7) is 1.05. The molecule has 0 amide bonds. The molecule has 8 heteroatoms. The zero-order valence-electron chi connectivity index (χ0n) is 14.7. The van der Waals surface area contributed by atoms with Gasteiger partial charge in [-0.1, -0.05) is 6.07 Å². The Kier molecular flexibility index (Phi) is 6.01. The molecule has 2 N–H and O–H groups in total. The van der Waals surface area contributed by atoms with Gasteiger partial charge in [0.15, 0.2) is 5.96 Å². The SMILES string of the molecule is CN=C(NC1CCN(CC(F)F)CC1)NC1CC1c1c(F)cccc1F. The Morgan fingerprint density at radius 2 is 1.85 bits per heavy atom. The zero-order chi connectivity index (χ0) is 18.7. The number of hydrogen-bond donors (Lipinski definition) is 2. The average molecular weight is 372 g/mol. The molecule has 2 fully saturated rings. The van der Waals surface area contributed by atoms with E-state index in [1.165, 1.54) is 18.2 Å². The molecule has 1 aliphatic heterocycles. The summed E-state index contributed by atoms with van der Waals surface area (Å²) in [4.78, 5) is 5.94. The van der Waals surface area contributed by atoms with Gasteiger partial charge in [-0.2, -0.15) is 0 Å². The lowest BCUT2D eigenvalue weighted by Crippen LogP contribution is -2.49. The van der Waals surface area contributed by atoms with E-state index in [1.807, 2.05) is 0 Å². The van der Waals surface area contributed by atoms with Crippen LogP contribution in [0.25, 0.3) is 0 Å². The first kappa shape index (κ1) is 18.9. The smallest absolute Gasteiger partial charge is 0.251 e. The van der Waals surface area contributed by atoms with Gasteiger partial charge in [0.05, 0.1) is 6.54 Å². The standard InChI is InChI=1S/C18H24F4N4/c1-23-18(24-11-5-7-26(8-6-11)10-16(21)22)25-15-9-12(15)17-13(19)3-2-4-14(17)20/h2-4,11-12,15-16H,5-10H2,1H3,(H2,23,24,25). The second-order valence-electron chi connectivity index (χ2n) is 6.91. The van der Waals surface area contributed by atoms with Crippen LogP contribution in [0.3, 0.4) is 0 Å². The molecule has 1 aliphatic carbocycles. The molecule has 1 aromatic rings. The number of alkyl halides is 2. The minimum atomic E-state index is -2.31. The van der Waals surface area contributed by atoms with Crippen molar-refractivity contribution in [1.82, 2.24) is 15.5 Å². The van der Waals surface area contributed by atoms with Gasteiger partial charge in [0, 0.05) is 43.7 Å². The first-order chi connectivity index (χ1) is 12.5. The lowest BCUT2D eigenvalue weighted by molar-refractivity contribution is 0.0744. The first-order valence-electron chi connectivity index (χ1n) is 8.92. The minimum absolute atomic E-state index is 0.0634. The third-order valence-corrected chi connectivity index (χ3v) is 5.03. The van der Waals surface area contributed by atoms with E-state index in [0.29, 0.717) is 25.5 Å². The van der Waals surface area contributed by atoms with Crippen LogP contribution in [0.4, 0.5) is 17.6 Å². The highest BCUT2D eigenvalue weighted by Gasteiger charge is 2.42. The Bertz CT molecular complexity index is 624. The van der Waals surface area contributed by atoms with E-state index < -0.39 is 18.1 Å². The van der Waals surface area contributed by atoms with Crippen molar-refractivity contribution < 1.29 is 17.6 Å². The van der Waals surface area contributed by atoms with Crippen LogP contribution in [0.15, 0.2) is 23.2 Å². The number of likely N-dealkylation sites (tertiary alicyclic amines) is 1. The maximum atomic E-state index is 13.9. The van der Waals surface area contributed by atoms with Gasteiger partial charge in [0.2, 0.25) is 0 Å². The summed E-state index contributed by atoms with van der Waals surface area (Å²) in [5.41, 5.74) is 0.126. The zero-order valence-corrected chi connectivity index (χ0v) is 14.7. The van der Waals surface area contributed by atoms with Crippen LogP contribution in [0.5, 0.6) is 0 Å². The molecular formula is C18H24F4N4. The predicted octanol–water partition coefficient (Wildman–Crippen LogP) is 2.72. The first-order valence-corrected chi connectivity index (χ1v) is 8.92. The van der Waals surface area contributed by atoms with Gasteiger partial charge >= 0.3 is 0 Å². The van der Waals surface area contributed by atoms with E-state index in [1.54, 1.807) is 11.9 Å². The number of nitrogens with one attached hydrogen (secondary N) is 2. The van der Waals surface area contributed by atoms with Crippen LogP contribution in [0.2, 0.25) is 0 Å². The fourth-order valence-electron chi connectivity index (χ4n) is 3.53. The van der Waals surface area contributed by atoms with Crippen molar-refractivity contribution in [3.8, 4) is 0 Å². The summed E-state index contributed by atoms with van der Waals surface area (Å²) in [5.74, 6) is -0.661. The molecule has 1 heterocycles. The summed E-state index contributed by atoms with van der Waals surface area (Å²) in [7, 11) is 1.64. The Morgan fingerprint density at radius 3 is 2.42 bits per heavy atom. The molecule has 2 atom stereocenters. The fraction of sp³-hybridized carbons (Fsp3) is 0.611. The van der Waals surface area contributed by atoms with Gasteiger partial charge in [0.25, 0.3) is 6.43 Å². The Balaban J connectivity index is 1.48. The Hall–Kier alpha value is -1.83. The van der Waals surface area contributed by atoms with Gasteiger partial charge in [-0.05, 0) is 31.4 Å². The molecule has 0 spiro atoms. The monoisotopic (exact) mass is 372 g/mol. The molecule has 1 saturated heterocycles. The van der Waals surface area contributed by atoms with Crippen molar-refractivity contribution in [2.45, 2.75) is 43.7 Å². The normalized spacial score (nSPS) is 24.8. The average Bonchev–Trinajstić information content (AvgIpc) is 3.34. The van der Waals surface area contributed by atoms with Crippen LogP contribution in [0.1, 0.15) is 30.7 Å². The lowest BCUT2D eigenvalue weighted by Gasteiger charge is -2.32. The van der Waals surface area contributed by atoms with E-state index in [-0.39, 0.29) is 30.1 Å². The number of aliphatic imine (C=N–C) groups is 1. The maximum Gasteiger partial charge on any atom is 0.251 e. The van der Waals surface area contributed by atoms with E-state index >= 15 is 0 Å². The highest BCUT2D eigenvalue weighted by atomic mass is 19.3. The third-order valence-electron chi connectivity index (χ3n) is 5.03. The van der Waals surface area contributed by atoms with E-state index in [9.17, 15) is 17.6 Å². The van der Waals surface area contributed by atoms with Crippen LogP contribution in [-0.2, 0) is 0 Å². The van der Waals surface area contributed by atoms with Gasteiger partial charge in [-0.25, -0.2) is 17.6 Å². The largest absolute Gasteiger partial charge is 0.354 e. The molecule has 0 aromatic heterocycles. The van der Waals surface area contributed by atoms with Crippen molar-refractivity contribution in [1.29, 1.82) is 0 Å². The van der Waals surface area contributed by atoms with Crippen LogP contribution in [-0.4, -0.2) is 56.1 Å². The highest BCUT2D eigenvalue weighted by molar-refractivity contribution is 5.80. The number of guanidine groups is 1. The van der Waals surface area contributed by atoms with E-state index in [4.69, 9.17) is 0 Å². The van der Waals surface area contributed by atoms with Crippen molar-refractivity contribution in [2.24, 2.45) is 4.99 Å². The number of halogens is 4.